The Bertz CT molecular complexity index is 487. The van der Waals surface area contributed by atoms with Crippen molar-refractivity contribution < 1.29 is 4.79 Å². The molecular formula is C18H24N2O. The van der Waals surface area contributed by atoms with Gasteiger partial charge in [-0.2, -0.15) is 0 Å². The Hall–Kier alpha value is -1.51. The van der Waals surface area contributed by atoms with Crippen LogP contribution in [0.1, 0.15) is 31.2 Å². The van der Waals surface area contributed by atoms with Crippen LogP contribution >= 0.6 is 0 Å². The number of carbonyl (C=O) groups excluding carboxylic acids is 1. The van der Waals surface area contributed by atoms with Crippen LogP contribution in [0.2, 0.25) is 0 Å². The van der Waals surface area contributed by atoms with E-state index >= 15 is 0 Å². The van der Waals surface area contributed by atoms with Crippen molar-refractivity contribution in [2.24, 2.45) is 23.7 Å². The third-order valence-electron chi connectivity index (χ3n) is 6.01. The highest BCUT2D eigenvalue weighted by molar-refractivity contribution is 5.74. The van der Waals surface area contributed by atoms with Crippen LogP contribution in [0.3, 0.4) is 0 Å². The van der Waals surface area contributed by atoms with E-state index in [1.54, 1.807) is 0 Å². The number of hydrogen-bond donors (Lipinski definition) is 1. The zero-order valence-electron chi connectivity index (χ0n) is 12.5. The quantitative estimate of drug-likeness (QED) is 0.888. The maximum Gasteiger partial charge on any atom is 0.317 e. The van der Waals surface area contributed by atoms with Gasteiger partial charge in [-0.1, -0.05) is 30.3 Å². The monoisotopic (exact) mass is 284 g/mol. The topological polar surface area (TPSA) is 32.3 Å². The van der Waals surface area contributed by atoms with Crippen molar-refractivity contribution in [2.75, 3.05) is 13.1 Å². The molecule has 4 aliphatic rings. The van der Waals surface area contributed by atoms with E-state index in [1.807, 2.05) is 18.2 Å². The van der Waals surface area contributed by atoms with Gasteiger partial charge >= 0.3 is 6.03 Å². The number of nitrogens with zero attached hydrogens (tertiary/aromatic N) is 1. The molecule has 3 heteroatoms. The molecule has 1 aliphatic heterocycles. The summed E-state index contributed by atoms with van der Waals surface area (Å²) in [7, 11) is 0. The van der Waals surface area contributed by atoms with E-state index in [0.717, 1.165) is 36.8 Å². The van der Waals surface area contributed by atoms with E-state index < -0.39 is 0 Å². The van der Waals surface area contributed by atoms with Crippen LogP contribution in [-0.2, 0) is 6.54 Å². The van der Waals surface area contributed by atoms with Crippen molar-refractivity contribution >= 4 is 6.03 Å². The minimum atomic E-state index is 0.132. The van der Waals surface area contributed by atoms with E-state index in [9.17, 15) is 4.79 Å². The van der Waals surface area contributed by atoms with Crippen molar-refractivity contribution in [2.45, 2.75) is 32.2 Å². The summed E-state index contributed by atoms with van der Waals surface area (Å²) in [6.07, 6.45) is 5.63. The molecule has 3 saturated carbocycles. The van der Waals surface area contributed by atoms with Crippen LogP contribution in [0.25, 0.3) is 0 Å². The molecule has 1 aromatic carbocycles. The summed E-state index contributed by atoms with van der Waals surface area (Å²) in [5, 5.41) is 3.09. The second-order valence-corrected chi connectivity index (χ2v) is 7.05. The summed E-state index contributed by atoms with van der Waals surface area (Å²) in [4.78, 5) is 14.5. The summed E-state index contributed by atoms with van der Waals surface area (Å²) in [5.41, 5.74) is 1.17. The number of nitrogens with one attached hydrogen (secondary N) is 1. The largest absolute Gasteiger partial charge is 0.334 e. The van der Waals surface area contributed by atoms with Crippen LogP contribution in [0, 0.1) is 23.7 Å². The molecule has 2 amide bonds. The average molecular weight is 284 g/mol. The molecule has 1 N–H and O–H groups in total. The molecule has 3 nitrogen and oxygen atoms in total. The van der Waals surface area contributed by atoms with Crippen LogP contribution < -0.4 is 5.32 Å². The van der Waals surface area contributed by atoms with Gasteiger partial charge in [-0.15, -0.1) is 0 Å². The number of benzene rings is 1. The molecule has 2 atom stereocenters. The predicted octanol–water partition coefficient (Wildman–Crippen LogP) is 3.26. The van der Waals surface area contributed by atoms with Gasteiger partial charge in [0.25, 0.3) is 0 Å². The Morgan fingerprint density at radius 3 is 2.14 bits per heavy atom. The van der Waals surface area contributed by atoms with Gasteiger partial charge < -0.3 is 10.2 Å². The van der Waals surface area contributed by atoms with Crippen molar-refractivity contribution in [3.8, 4) is 0 Å². The number of rotatable bonds is 2. The zero-order chi connectivity index (χ0) is 14.2. The number of urea groups is 1. The lowest BCUT2D eigenvalue weighted by atomic mass is 9.60. The standard InChI is InChI=1S/C18H24N2O/c21-18(19-10-13-4-2-1-3-5-13)20-11-16-14-6-7-15(9-8-14)17(16)12-20/h1-5,14-17H,6-12H2,(H,19,21)/t14?,15?,16-,17+. The van der Waals surface area contributed by atoms with E-state index in [-0.39, 0.29) is 6.03 Å². The second kappa shape index (κ2) is 5.36. The molecule has 21 heavy (non-hydrogen) atoms. The first-order valence-corrected chi connectivity index (χ1v) is 8.38. The zero-order valence-corrected chi connectivity index (χ0v) is 12.5. The minimum Gasteiger partial charge on any atom is -0.334 e. The lowest BCUT2D eigenvalue weighted by molar-refractivity contribution is 0.0577. The molecule has 0 unspecified atom stereocenters. The Morgan fingerprint density at radius 2 is 1.57 bits per heavy atom. The molecule has 1 heterocycles. The highest BCUT2D eigenvalue weighted by atomic mass is 16.2. The van der Waals surface area contributed by atoms with Gasteiger partial charge in [0.2, 0.25) is 0 Å². The summed E-state index contributed by atoms with van der Waals surface area (Å²) >= 11 is 0. The van der Waals surface area contributed by atoms with E-state index in [1.165, 1.54) is 31.2 Å². The smallest absolute Gasteiger partial charge is 0.317 e. The number of carbonyl (C=O) groups is 1. The maximum absolute atomic E-state index is 12.4. The molecule has 0 spiro atoms. The van der Waals surface area contributed by atoms with E-state index in [2.05, 4.69) is 22.3 Å². The number of hydrogen-bond acceptors (Lipinski definition) is 1. The molecule has 4 fully saturated rings. The predicted molar refractivity (Wildman–Crippen MR) is 82.7 cm³/mol. The summed E-state index contributed by atoms with van der Waals surface area (Å²) < 4.78 is 0. The lowest BCUT2D eigenvalue weighted by Crippen LogP contribution is -2.38. The fraction of sp³-hybridized carbons (Fsp3) is 0.611. The molecule has 5 rings (SSSR count). The number of likely N-dealkylation sites (tertiary alicyclic amines) is 1. The fourth-order valence-corrected chi connectivity index (χ4v) is 4.90. The van der Waals surface area contributed by atoms with Crippen LogP contribution in [0.4, 0.5) is 4.79 Å². The lowest BCUT2D eigenvalue weighted by Gasteiger charge is -2.44. The van der Waals surface area contributed by atoms with E-state index in [0.29, 0.717) is 6.54 Å². The molecule has 2 bridgehead atoms. The molecule has 112 valence electrons. The first-order chi connectivity index (χ1) is 10.3. The summed E-state index contributed by atoms with van der Waals surface area (Å²) in [6.45, 7) is 2.62. The van der Waals surface area contributed by atoms with Gasteiger partial charge in [-0.25, -0.2) is 4.79 Å². The Kier molecular flexibility index (Phi) is 3.36. The molecule has 1 aromatic rings. The highest BCUT2D eigenvalue weighted by Crippen LogP contribution is 2.51. The summed E-state index contributed by atoms with van der Waals surface area (Å²) in [5.74, 6) is 3.37. The van der Waals surface area contributed by atoms with Crippen LogP contribution in [0.15, 0.2) is 30.3 Å². The second-order valence-electron chi connectivity index (χ2n) is 7.05. The molecular weight excluding hydrogens is 260 g/mol. The third-order valence-corrected chi connectivity index (χ3v) is 6.01. The van der Waals surface area contributed by atoms with Gasteiger partial charge in [0, 0.05) is 19.6 Å². The number of amides is 2. The Morgan fingerprint density at radius 1 is 1.00 bits per heavy atom. The minimum absolute atomic E-state index is 0.132. The number of fused-ring (bicyclic) bond motifs is 2. The highest BCUT2D eigenvalue weighted by Gasteiger charge is 2.48. The van der Waals surface area contributed by atoms with E-state index in [4.69, 9.17) is 0 Å². The maximum atomic E-state index is 12.4. The van der Waals surface area contributed by atoms with Gasteiger partial charge in [-0.3, -0.25) is 0 Å². The van der Waals surface area contributed by atoms with Crippen molar-refractivity contribution in [3.63, 3.8) is 0 Å². The average Bonchev–Trinajstić information content (AvgIpc) is 3.02. The van der Waals surface area contributed by atoms with Gasteiger partial charge in [-0.05, 0) is 54.9 Å². The molecule has 3 aliphatic carbocycles. The van der Waals surface area contributed by atoms with Crippen molar-refractivity contribution in [1.29, 1.82) is 0 Å². The first kappa shape index (κ1) is 13.2. The van der Waals surface area contributed by atoms with Gasteiger partial charge in [0.05, 0.1) is 0 Å². The first-order valence-electron chi connectivity index (χ1n) is 8.38. The molecule has 0 radical (unpaired) electrons. The van der Waals surface area contributed by atoms with Crippen molar-refractivity contribution in [3.05, 3.63) is 35.9 Å². The summed E-state index contributed by atoms with van der Waals surface area (Å²) in [6, 6.07) is 10.3. The van der Waals surface area contributed by atoms with Gasteiger partial charge in [0.15, 0.2) is 0 Å². The third kappa shape index (κ3) is 2.43. The molecule has 0 aromatic heterocycles. The van der Waals surface area contributed by atoms with Crippen LogP contribution in [0.5, 0.6) is 0 Å². The SMILES string of the molecule is O=C(NCc1ccccc1)N1C[C@@H]2C3CCC(CC3)[C@@H]2C1. The normalized spacial score (nSPS) is 33.8. The Balaban J connectivity index is 1.36. The van der Waals surface area contributed by atoms with Crippen LogP contribution in [-0.4, -0.2) is 24.0 Å². The van der Waals surface area contributed by atoms with Crippen molar-refractivity contribution in [1.82, 2.24) is 10.2 Å². The fourth-order valence-electron chi connectivity index (χ4n) is 4.90. The van der Waals surface area contributed by atoms with Gasteiger partial charge in [0.1, 0.15) is 0 Å². The Labute approximate surface area is 126 Å². The molecule has 1 saturated heterocycles.